The molecule has 0 saturated carbocycles. The predicted molar refractivity (Wildman–Crippen MR) is 52.8 cm³/mol. The molecule has 5 N–H and O–H groups in total. The fourth-order valence-corrected chi connectivity index (χ4v) is 1.04. The zero-order chi connectivity index (χ0) is 12.0. The van der Waals surface area contributed by atoms with E-state index in [1.165, 1.54) is 6.33 Å². The first-order chi connectivity index (χ1) is 7.59. The quantitative estimate of drug-likeness (QED) is 0.510. The van der Waals surface area contributed by atoms with Gasteiger partial charge in [0, 0.05) is 13.0 Å². The molecule has 0 radical (unpaired) electrons. The largest absolute Gasteiger partial charge is 0.370 e. The predicted octanol–water partition coefficient (Wildman–Crippen LogP) is -2.07. The normalized spacial score (nSPS) is 12.1. The summed E-state index contributed by atoms with van der Waals surface area (Å²) in [4.78, 5) is 25.6. The number of hydrogen-bond acceptors (Lipinski definition) is 6. The molecule has 0 spiro atoms. The third-order valence-electron chi connectivity index (χ3n) is 1.80. The van der Waals surface area contributed by atoms with E-state index in [0.29, 0.717) is 18.9 Å². The van der Waals surface area contributed by atoms with Crippen LogP contribution >= 0.6 is 0 Å². The van der Waals surface area contributed by atoms with E-state index in [4.69, 9.17) is 16.0 Å². The topological polar surface area (TPSA) is 137 Å². The lowest BCUT2D eigenvalue weighted by Gasteiger charge is -2.09. The van der Waals surface area contributed by atoms with Crippen LogP contribution in [0.3, 0.4) is 0 Å². The van der Waals surface area contributed by atoms with Crippen LogP contribution in [0.5, 0.6) is 0 Å². The van der Waals surface area contributed by atoms with Crippen molar-refractivity contribution < 1.29 is 14.1 Å². The molecule has 0 aliphatic rings. The molecule has 1 aromatic heterocycles. The van der Waals surface area contributed by atoms with Gasteiger partial charge < -0.3 is 21.3 Å². The summed E-state index contributed by atoms with van der Waals surface area (Å²) in [5, 5.41) is 5.94. The summed E-state index contributed by atoms with van der Waals surface area (Å²) in [5.74, 6) is -0.623. The molecule has 1 atom stereocenters. The zero-order valence-electron chi connectivity index (χ0n) is 8.55. The van der Waals surface area contributed by atoms with E-state index in [0.717, 1.165) is 0 Å². The summed E-state index contributed by atoms with van der Waals surface area (Å²) in [5.41, 5.74) is 10.3. The first-order valence-electron chi connectivity index (χ1n) is 4.66. The third kappa shape index (κ3) is 4.05. The minimum Gasteiger partial charge on any atom is -0.370 e. The van der Waals surface area contributed by atoms with Crippen molar-refractivity contribution in [3.8, 4) is 0 Å². The second-order valence-corrected chi connectivity index (χ2v) is 3.15. The summed E-state index contributed by atoms with van der Waals surface area (Å²) >= 11 is 0. The Balaban J connectivity index is 2.22. The molecular formula is C8H13N5O3. The van der Waals surface area contributed by atoms with Gasteiger partial charge in [-0.3, -0.25) is 9.59 Å². The molecule has 0 fully saturated rings. The number of nitrogens with zero attached hydrogens (tertiary/aromatic N) is 2. The lowest BCUT2D eigenvalue weighted by Crippen LogP contribution is -2.43. The van der Waals surface area contributed by atoms with Gasteiger partial charge in [0.25, 0.3) is 0 Å². The van der Waals surface area contributed by atoms with Crippen molar-refractivity contribution in [1.29, 1.82) is 0 Å². The maximum Gasteiger partial charge on any atom is 0.237 e. The Bertz CT molecular complexity index is 351. The van der Waals surface area contributed by atoms with Crippen molar-refractivity contribution in [2.75, 3.05) is 6.54 Å². The van der Waals surface area contributed by atoms with E-state index in [1.807, 2.05) is 0 Å². The summed E-state index contributed by atoms with van der Waals surface area (Å²) in [6.07, 6.45) is 1.51. The van der Waals surface area contributed by atoms with Gasteiger partial charge in [-0.2, -0.15) is 4.98 Å². The maximum absolute atomic E-state index is 11.3. The van der Waals surface area contributed by atoms with E-state index in [9.17, 15) is 9.59 Å². The summed E-state index contributed by atoms with van der Waals surface area (Å²) < 4.78 is 4.72. The van der Waals surface area contributed by atoms with Gasteiger partial charge in [0.1, 0.15) is 0 Å². The lowest BCUT2D eigenvalue weighted by atomic mass is 10.2. The molecular weight excluding hydrogens is 214 g/mol. The SMILES string of the molecule is NC(=O)CC(N)C(=O)NCCc1ncno1. The van der Waals surface area contributed by atoms with Crippen LogP contribution in [-0.4, -0.2) is 34.5 Å². The second-order valence-electron chi connectivity index (χ2n) is 3.15. The highest BCUT2D eigenvalue weighted by atomic mass is 16.5. The lowest BCUT2D eigenvalue weighted by molar-refractivity contribution is -0.126. The molecule has 1 rings (SSSR count). The summed E-state index contributed by atoms with van der Waals surface area (Å²) in [6, 6.07) is -0.916. The van der Waals surface area contributed by atoms with Gasteiger partial charge in [-0.15, -0.1) is 0 Å². The average Bonchev–Trinajstić information content (AvgIpc) is 2.69. The van der Waals surface area contributed by atoms with Crippen LogP contribution < -0.4 is 16.8 Å². The summed E-state index contributed by atoms with van der Waals surface area (Å²) in [7, 11) is 0. The van der Waals surface area contributed by atoms with Crippen LogP contribution in [-0.2, 0) is 16.0 Å². The molecule has 1 unspecified atom stereocenters. The molecule has 8 heteroatoms. The smallest absolute Gasteiger partial charge is 0.237 e. The summed E-state index contributed by atoms with van der Waals surface area (Å²) in [6.45, 7) is 0.313. The number of primary amides is 1. The third-order valence-corrected chi connectivity index (χ3v) is 1.80. The average molecular weight is 227 g/mol. The maximum atomic E-state index is 11.3. The Morgan fingerprint density at radius 1 is 1.56 bits per heavy atom. The van der Waals surface area contributed by atoms with Crippen LogP contribution in [0.2, 0.25) is 0 Å². The monoisotopic (exact) mass is 227 g/mol. The molecule has 1 aromatic rings. The molecule has 0 bridgehead atoms. The molecule has 0 aliphatic heterocycles. The van der Waals surface area contributed by atoms with Gasteiger partial charge in [-0.05, 0) is 0 Å². The Labute approximate surface area is 91.4 Å². The van der Waals surface area contributed by atoms with E-state index >= 15 is 0 Å². The fourth-order valence-electron chi connectivity index (χ4n) is 1.04. The van der Waals surface area contributed by atoms with Crippen LogP contribution in [0.25, 0.3) is 0 Å². The Morgan fingerprint density at radius 3 is 2.88 bits per heavy atom. The molecule has 2 amide bonds. The molecule has 88 valence electrons. The number of aromatic nitrogens is 2. The van der Waals surface area contributed by atoms with Crippen LogP contribution in [0.1, 0.15) is 12.3 Å². The first kappa shape index (κ1) is 12.1. The van der Waals surface area contributed by atoms with Crippen molar-refractivity contribution in [3.63, 3.8) is 0 Å². The second kappa shape index (κ2) is 5.81. The first-order valence-corrected chi connectivity index (χ1v) is 4.66. The van der Waals surface area contributed by atoms with E-state index < -0.39 is 17.9 Å². The number of nitrogens with one attached hydrogen (secondary N) is 1. The van der Waals surface area contributed by atoms with Gasteiger partial charge in [0.15, 0.2) is 6.33 Å². The molecule has 16 heavy (non-hydrogen) atoms. The standard InChI is InChI=1S/C8H13N5O3/c9-5(3-6(10)14)8(15)11-2-1-7-12-4-13-16-7/h4-5H,1-3,9H2,(H2,10,14)(H,11,15). The van der Waals surface area contributed by atoms with Crippen molar-refractivity contribution >= 4 is 11.8 Å². The number of hydrogen-bond donors (Lipinski definition) is 3. The Hall–Kier alpha value is -1.96. The molecule has 8 nitrogen and oxygen atoms in total. The van der Waals surface area contributed by atoms with Crippen LogP contribution in [0.4, 0.5) is 0 Å². The van der Waals surface area contributed by atoms with Crippen LogP contribution in [0.15, 0.2) is 10.9 Å². The highest BCUT2D eigenvalue weighted by Crippen LogP contribution is 1.91. The molecule has 0 saturated heterocycles. The highest BCUT2D eigenvalue weighted by Gasteiger charge is 2.15. The van der Waals surface area contributed by atoms with Gasteiger partial charge in [0.2, 0.25) is 17.7 Å². The number of nitrogens with two attached hydrogens (primary N) is 2. The fraction of sp³-hybridized carbons (Fsp3) is 0.500. The van der Waals surface area contributed by atoms with E-state index in [-0.39, 0.29) is 6.42 Å². The van der Waals surface area contributed by atoms with Gasteiger partial charge in [-0.25, -0.2) is 0 Å². The van der Waals surface area contributed by atoms with Crippen molar-refractivity contribution in [1.82, 2.24) is 15.5 Å². The van der Waals surface area contributed by atoms with Gasteiger partial charge in [-0.1, -0.05) is 5.16 Å². The van der Waals surface area contributed by atoms with E-state index in [2.05, 4.69) is 15.5 Å². The van der Waals surface area contributed by atoms with Crippen molar-refractivity contribution in [2.45, 2.75) is 18.9 Å². The number of rotatable bonds is 6. The Kier molecular flexibility index (Phi) is 4.40. The minimum atomic E-state index is -0.916. The highest BCUT2D eigenvalue weighted by molar-refractivity contribution is 5.87. The Morgan fingerprint density at radius 2 is 2.31 bits per heavy atom. The number of carbonyl (C=O) groups is 2. The van der Waals surface area contributed by atoms with Crippen LogP contribution in [0, 0.1) is 0 Å². The van der Waals surface area contributed by atoms with Crippen molar-refractivity contribution in [2.24, 2.45) is 11.5 Å². The molecule has 0 aromatic carbocycles. The minimum absolute atomic E-state index is 0.174. The number of amides is 2. The van der Waals surface area contributed by atoms with E-state index in [1.54, 1.807) is 0 Å². The number of carbonyl (C=O) groups excluding carboxylic acids is 2. The molecule has 1 heterocycles. The van der Waals surface area contributed by atoms with Crippen molar-refractivity contribution in [3.05, 3.63) is 12.2 Å². The van der Waals surface area contributed by atoms with Gasteiger partial charge >= 0.3 is 0 Å². The zero-order valence-corrected chi connectivity index (χ0v) is 8.55. The van der Waals surface area contributed by atoms with Gasteiger partial charge in [0.05, 0.1) is 12.5 Å². The molecule has 0 aliphatic carbocycles.